The molecule has 1 aliphatic rings. The predicted octanol–water partition coefficient (Wildman–Crippen LogP) is 2.58. The summed E-state index contributed by atoms with van der Waals surface area (Å²) in [5, 5.41) is 8.33. The highest BCUT2D eigenvalue weighted by atomic mass is 19.1. The van der Waals surface area contributed by atoms with Crippen LogP contribution in [-0.2, 0) is 24.3 Å². The van der Waals surface area contributed by atoms with Crippen LogP contribution in [0.5, 0.6) is 0 Å². The van der Waals surface area contributed by atoms with Crippen LogP contribution in [0.2, 0.25) is 0 Å². The topological polar surface area (TPSA) is 73.5 Å². The lowest BCUT2D eigenvalue weighted by Gasteiger charge is -2.18. The average Bonchev–Trinajstić information content (AvgIpc) is 3.24. The van der Waals surface area contributed by atoms with Gasteiger partial charge in [0.15, 0.2) is 0 Å². The Morgan fingerprint density at radius 3 is 2.40 bits per heavy atom. The fourth-order valence-electron chi connectivity index (χ4n) is 3.58. The van der Waals surface area contributed by atoms with E-state index in [2.05, 4.69) is 26.9 Å². The number of hydrogen-bond donors (Lipinski definition) is 3. The third kappa shape index (κ3) is 7.15. The Hall–Kier alpha value is -2.93. The molecule has 3 rings (SSSR count). The van der Waals surface area contributed by atoms with Crippen molar-refractivity contribution in [3.8, 4) is 0 Å². The van der Waals surface area contributed by atoms with Crippen LogP contribution in [0.25, 0.3) is 0 Å². The maximum absolute atomic E-state index is 13.1. The third-order valence-corrected chi connectivity index (χ3v) is 5.14. The van der Waals surface area contributed by atoms with Gasteiger partial charge in [-0.25, -0.2) is 9.18 Å². The number of hydrogen-bond acceptors (Lipinski definition) is 3. The lowest BCUT2D eigenvalue weighted by Crippen LogP contribution is -2.40. The first-order valence-corrected chi connectivity index (χ1v) is 10.4. The second-order valence-corrected chi connectivity index (χ2v) is 7.52. The maximum atomic E-state index is 13.1. The molecule has 30 heavy (non-hydrogen) atoms. The van der Waals surface area contributed by atoms with E-state index in [0.717, 1.165) is 25.2 Å². The fraction of sp³-hybridized carbons (Fsp3) is 0.391. The Labute approximate surface area is 176 Å². The molecule has 0 aromatic heterocycles. The number of amides is 3. The molecule has 1 fully saturated rings. The monoisotopic (exact) mass is 412 g/mol. The normalized spacial score (nSPS) is 13.8. The van der Waals surface area contributed by atoms with Gasteiger partial charge in [0.25, 0.3) is 0 Å². The number of nitrogens with zero attached hydrogens (tertiary/aromatic N) is 1. The van der Waals surface area contributed by atoms with Crippen LogP contribution in [-0.4, -0.2) is 43.0 Å². The number of nitrogens with one attached hydrogen (secondary N) is 3. The largest absolute Gasteiger partial charge is 0.354 e. The van der Waals surface area contributed by atoms with Crippen molar-refractivity contribution in [1.82, 2.24) is 20.9 Å². The van der Waals surface area contributed by atoms with Crippen molar-refractivity contribution in [2.45, 2.75) is 32.4 Å². The molecule has 1 heterocycles. The van der Waals surface area contributed by atoms with Crippen LogP contribution in [0.4, 0.5) is 9.18 Å². The summed E-state index contributed by atoms with van der Waals surface area (Å²) >= 11 is 0. The zero-order valence-electron chi connectivity index (χ0n) is 17.1. The van der Waals surface area contributed by atoms with E-state index in [1.54, 1.807) is 12.1 Å². The minimum Gasteiger partial charge on any atom is -0.354 e. The Bertz CT molecular complexity index is 853. The van der Waals surface area contributed by atoms with Crippen LogP contribution in [0.15, 0.2) is 48.5 Å². The van der Waals surface area contributed by atoms with Crippen molar-refractivity contribution in [1.29, 1.82) is 0 Å². The number of carbonyl (C=O) groups is 2. The van der Waals surface area contributed by atoms with E-state index >= 15 is 0 Å². The summed E-state index contributed by atoms with van der Waals surface area (Å²) in [4.78, 5) is 26.4. The van der Waals surface area contributed by atoms with E-state index < -0.39 is 0 Å². The molecule has 0 atom stereocenters. The van der Waals surface area contributed by atoms with Crippen LogP contribution < -0.4 is 16.0 Å². The SMILES string of the molecule is O=C(Cc1cccc(F)c1)NCCNC(=O)NCc1ccccc1CN1CCCC1. The van der Waals surface area contributed by atoms with E-state index in [1.807, 2.05) is 18.2 Å². The van der Waals surface area contributed by atoms with Gasteiger partial charge >= 0.3 is 6.03 Å². The van der Waals surface area contributed by atoms with Crippen LogP contribution >= 0.6 is 0 Å². The summed E-state index contributed by atoms with van der Waals surface area (Å²) in [7, 11) is 0. The molecule has 3 amide bonds. The van der Waals surface area contributed by atoms with Crippen molar-refractivity contribution in [3.63, 3.8) is 0 Å². The van der Waals surface area contributed by atoms with Gasteiger partial charge in [0.1, 0.15) is 5.82 Å². The number of urea groups is 1. The standard InChI is InChI=1S/C23H29FN4O2/c24-21-9-5-6-18(14-21)15-22(29)25-10-11-26-23(30)27-16-19-7-1-2-8-20(19)17-28-12-3-4-13-28/h1-2,5-9,14H,3-4,10-13,15-17H2,(H,25,29)(H2,26,27,30). The minimum atomic E-state index is -0.361. The van der Waals surface area contributed by atoms with E-state index in [0.29, 0.717) is 25.2 Å². The van der Waals surface area contributed by atoms with Gasteiger partial charge in [0.2, 0.25) is 5.91 Å². The second kappa shape index (κ2) is 11.3. The average molecular weight is 413 g/mol. The van der Waals surface area contributed by atoms with E-state index in [-0.39, 0.29) is 24.2 Å². The van der Waals surface area contributed by atoms with E-state index in [1.165, 1.54) is 30.5 Å². The van der Waals surface area contributed by atoms with Gasteiger partial charge in [0, 0.05) is 26.2 Å². The van der Waals surface area contributed by atoms with Crippen molar-refractivity contribution in [2.24, 2.45) is 0 Å². The third-order valence-electron chi connectivity index (χ3n) is 5.14. The molecule has 0 saturated carbocycles. The molecular weight excluding hydrogens is 383 g/mol. The Kier molecular flexibility index (Phi) is 8.20. The van der Waals surface area contributed by atoms with Gasteiger partial charge in [-0.2, -0.15) is 0 Å². The van der Waals surface area contributed by atoms with Gasteiger partial charge in [-0.15, -0.1) is 0 Å². The molecule has 7 heteroatoms. The molecule has 6 nitrogen and oxygen atoms in total. The summed E-state index contributed by atoms with van der Waals surface area (Å²) in [6.45, 7) is 4.27. The first-order valence-electron chi connectivity index (χ1n) is 10.4. The second-order valence-electron chi connectivity index (χ2n) is 7.52. The molecule has 3 N–H and O–H groups in total. The molecular formula is C23H29FN4O2. The predicted molar refractivity (Wildman–Crippen MR) is 114 cm³/mol. The van der Waals surface area contributed by atoms with Crippen molar-refractivity contribution in [3.05, 3.63) is 71.0 Å². The molecule has 0 aliphatic carbocycles. The lowest BCUT2D eigenvalue weighted by atomic mass is 10.1. The Morgan fingerprint density at radius 2 is 1.63 bits per heavy atom. The van der Waals surface area contributed by atoms with E-state index in [4.69, 9.17) is 0 Å². The highest BCUT2D eigenvalue weighted by molar-refractivity contribution is 5.78. The van der Waals surface area contributed by atoms with Gasteiger partial charge < -0.3 is 16.0 Å². The Morgan fingerprint density at radius 1 is 0.900 bits per heavy atom. The zero-order chi connectivity index (χ0) is 21.2. The molecule has 1 saturated heterocycles. The number of rotatable bonds is 9. The van der Waals surface area contributed by atoms with Crippen molar-refractivity contribution in [2.75, 3.05) is 26.2 Å². The van der Waals surface area contributed by atoms with Gasteiger partial charge in [-0.05, 0) is 54.8 Å². The number of benzene rings is 2. The van der Waals surface area contributed by atoms with Gasteiger partial charge in [-0.3, -0.25) is 9.69 Å². The molecule has 0 unspecified atom stereocenters. The summed E-state index contributed by atoms with van der Waals surface area (Å²) in [6.07, 6.45) is 2.61. The van der Waals surface area contributed by atoms with Crippen LogP contribution in [0.3, 0.4) is 0 Å². The highest BCUT2D eigenvalue weighted by Gasteiger charge is 2.13. The molecule has 160 valence electrons. The molecule has 1 aliphatic heterocycles. The summed E-state index contributed by atoms with van der Waals surface area (Å²) in [5.74, 6) is -0.570. The molecule has 0 bridgehead atoms. The van der Waals surface area contributed by atoms with Gasteiger partial charge in [0.05, 0.1) is 6.42 Å². The van der Waals surface area contributed by atoms with Gasteiger partial charge in [-0.1, -0.05) is 36.4 Å². The van der Waals surface area contributed by atoms with E-state index in [9.17, 15) is 14.0 Å². The number of halogens is 1. The zero-order valence-corrected chi connectivity index (χ0v) is 17.1. The molecule has 2 aromatic carbocycles. The molecule has 0 radical (unpaired) electrons. The first-order chi connectivity index (χ1) is 14.6. The molecule has 2 aromatic rings. The maximum Gasteiger partial charge on any atom is 0.315 e. The summed E-state index contributed by atoms with van der Waals surface area (Å²) < 4.78 is 13.1. The summed E-state index contributed by atoms with van der Waals surface area (Å²) in [5.41, 5.74) is 2.97. The minimum absolute atomic E-state index is 0.109. The van der Waals surface area contributed by atoms with Crippen LogP contribution in [0.1, 0.15) is 29.5 Å². The number of carbonyl (C=O) groups excluding carboxylic acids is 2. The van der Waals surface area contributed by atoms with Crippen molar-refractivity contribution >= 4 is 11.9 Å². The smallest absolute Gasteiger partial charge is 0.315 e. The highest BCUT2D eigenvalue weighted by Crippen LogP contribution is 2.16. The Balaban J connectivity index is 1.34. The van der Waals surface area contributed by atoms with Crippen LogP contribution in [0, 0.1) is 5.82 Å². The summed E-state index contributed by atoms with van der Waals surface area (Å²) in [6, 6.07) is 13.9. The lowest BCUT2D eigenvalue weighted by molar-refractivity contribution is -0.120. The van der Waals surface area contributed by atoms with Crippen molar-refractivity contribution < 1.29 is 14.0 Å². The number of likely N-dealkylation sites (tertiary alicyclic amines) is 1. The quantitative estimate of drug-likeness (QED) is 0.555. The fourth-order valence-corrected chi connectivity index (χ4v) is 3.58. The first kappa shape index (κ1) is 21.8. The molecule has 0 spiro atoms.